The average Bonchev–Trinajstić information content (AvgIpc) is 3.88. The molecular formula is C59H36N4. The van der Waals surface area contributed by atoms with Gasteiger partial charge in [-0.05, 0) is 91.0 Å². The van der Waals surface area contributed by atoms with E-state index in [0.717, 1.165) is 44.6 Å². The quantitative estimate of drug-likeness (QED) is 0.168. The third-order valence-electron chi connectivity index (χ3n) is 12.7. The minimum absolute atomic E-state index is 0.637. The molecule has 0 saturated heterocycles. The molecule has 0 fully saturated rings. The van der Waals surface area contributed by atoms with Gasteiger partial charge in [-0.1, -0.05) is 188 Å². The van der Waals surface area contributed by atoms with E-state index in [0.29, 0.717) is 17.5 Å². The number of rotatable bonds is 6. The van der Waals surface area contributed by atoms with E-state index in [1.54, 1.807) is 0 Å². The Morgan fingerprint density at radius 3 is 1.48 bits per heavy atom. The predicted octanol–water partition coefficient (Wildman–Crippen LogP) is 15.3. The highest BCUT2D eigenvalue weighted by Crippen LogP contribution is 2.51. The monoisotopic (exact) mass is 800 g/mol. The number of benzene rings is 10. The third-order valence-corrected chi connectivity index (χ3v) is 12.7. The Morgan fingerprint density at radius 1 is 0.286 bits per heavy atom. The van der Waals surface area contributed by atoms with Gasteiger partial charge >= 0.3 is 0 Å². The number of hydrogen-bond acceptors (Lipinski definition) is 3. The lowest BCUT2D eigenvalue weighted by atomic mass is 9.97. The molecule has 0 atom stereocenters. The van der Waals surface area contributed by atoms with Gasteiger partial charge in [0.05, 0.1) is 11.0 Å². The van der Waals surface area contributed by atoms with Crippen LogP contribution in [0.3, 0.4) is 0 Å². The van der Waals surface area contributed by atoms with Crippen molar-refractivity contribution in [3.63, 3.8) is 0 Å². The molecule has 63 heavy (non-hydrogen) atoms. The van der Waals surface area contributed by atoms with E-state index in [2.05, 4.69) is 162 Å². The topological polar surface area (TPSA) is 43.6 Å². The molecule has 2 heterocycles. The number of aromatic nitrogens is 4. The minimum Gasteiger partial charge on any atom is -0.309 e. The van der Waals surface area contributed by atoms with Gasteiger partial charge in [0.2, 0.25) is 0 Å². The van der Waals surface area contributed by atoms with E-state index in [1.807, 2.05) is 60.7 Å². The molecule has 4 nitrogen and oxygen atoms in total. The Labute approximate surface area is 364 Å². The van der Waals surface area contributed by atoms with Crippen LogP contribution in [0.4, 0.5) is 0 Å². The number of nitrogens with zero attached hydrogens (tertiary/aromatic N) is 4. The standard InChI is InChI=1S/C59H36N4/c1-3-16-38(17-4-1)57-60-58(39-18-5-2-6-19-39)62-59(61-57)44-24-12-22-42(34-44)40-20-11-21-41(33-40)43-23-13-25-45(35-43)63-53-36-52-48-28-10-9-27-47(48)49-29-14-30-50(54(49)52)55(53)51-32-31-37-15-7-8-26-46(37)56(51)63/h1-36H. The molecular weight excluding hydrogens is 765 g/mol. The lowest BCUT2D eigenvalue weighted by Gasteiger charge is -2.13. The van der Waals surface area contributed by atoms with Gasteiger partial charge in [0, 0.05) is 38.5 Å². The molecule has 2 aromatic heterocycles. The van der Waals surface area contributed by atoms with Gasteiger partial charge in [-0.2, -0.15) is 0 Å². The van der Waals surface area contributed by atoms with Crippen LogP contribution in [-0.2, 0) is 0 Å². The zero-order chi connectivity index (χ0) is 41.4. The highest BCUT2D eigenvalue weighted by molar-refractivity contribution is 6.31. The predicted molar refractivity (Wildman–Crippen MR) is 261 cm³/mol. The van der Waals surface area contributed by atoms with E-state index in [4.69, 9.17) is 15.0 Å². The molecule has 292 valence electrons. The Hall–Kier alpha value is -8.47. The second kappa shape index (κ2) is 14.1. The summed E-state index contributed by atoms with van der Waals surface area (Å²) in [5, 5.41) is 7.67. The second-order valence-corrected chi connectivity index (χ2v) is 16.4. The van der Waals surface area contributed by atoms with E-state index in [-0.39, 0.29) is 0 Å². The van der Waals surface area contributed by atoms with Crippen molar-refractivity contribution in [2.24, 2.45) is 0 Å². The van der Waals surface area contributed by atoms with Crippen LogP contribution in [-0.4, -0.2) is 19.5 Å². The van der Waals surface area contributed by atoms with Crippen LogP contribution in [0, 0.1) is 0 Å². The van der Waals surface area contributed by atoms with Crippen molar-refractivity contribution in [1.82, 2.24) is 19.5 Å². The maximum Gasteiger partial charge on any atom is 0.164 e. The summed E-state index contributed by atoms with van der Waals surface area (Å²) in [6, 6.07) is 78.2. The summed E-state index contributed by atoms with van der Waals surface area (Å²) in [6.45, 7) is 0. The van der Waals surface area contributed by atoms with Gasteiger partial charge in [0.25, 0.3) is 0 Å². The summed E-state index contributed by atoms with van der Waals surface area (Å²) >= 11 is 0. The van der Waals surface area contributed by atoms with Gasteiger partial charge in [-0.15, -0.1) is 0 Å². The zero-order valence-electron chi connectivity index (χ0n) is 34.1. The van der Waals surface area contributed by atoms with Crippen LogP contribution >= 0.6 is 0 Å². The van der Waals surface area contributed by atoms with E-state index in [1.165, 1.54) is 65.6 Å². The number of hydrogen-bond donors (Lipinski definition) is 0. The Morgan fingerprint density at radius 2 is 0.778 bits per heavy atom. The molecule has 0 unspecified atom stereocenters. The van der Waals surface area contributed by atoms with E-state index < -0.39 is 0 Å². The first kappa shape index (κ1) is 35.3. The van der Waals surface area contributed by atoms with Crippen LogP contribution in [0.15, 0.2) is 218 Å². The summed E-state index contributed by atoms with van der Waals surface area (Å²) in [6.07, 6.45) is 0. The highest BCUT2D eigenvalue weighted by Gasteiger charge is 2.26. The minimum atomic E-state index is 0.637. The summed E-state index contributed by atoms with van der Waals surface area (Å²) in [5.41, 5.74) is 16.1. The molecule has 1 aliphatic carbocycles. The molecule has 10 aromatic carbocycles. The van der Waals surface area contributed by atoms with E-state index >= 15 is 0 Å². The molecule has 0 aliphatic heterocycles. The van der Waals surface area contributed by atoms with Crippen molar-refractivity contribution in [1.29, 1.82) is 0 Å². The summed E-state index contributed by atoms with van der Waals surface area (Å²) in [7, 11) is 0. The van der Waals surface area contributed by atoms with Crippen molar-refractivity contribution in [2.75, 3.05) is 0 Å². The van der Waals surface area contributed by atoms with Gasteiger partial charge in [0.15, 0.2) is 17.5 Å². The zero-order valence-corrected chi connectivity index (χ0v) is 34.1. The average molecular weight is 801 g/mol. The maximum atomic E-state index is 5.01. The molecule has 0 spiro atoms. The van der Waals surface area contributed by atoms with Gasteiger partial charge in [-0.3, -0.25) is 0 Å². The molecule has 1 aliphatic rings. The lowest BCUT2D eigenvalue weighted by Crippen LogP contribution is -2.00. The normalized spacial score (nSPS) is 11.8. The molecule has 0 amide bonds. The summed E-state index contributed by atoms with van der Waals surface area (Å²) in [4.78, 5) is 14.9. The Bertz CT molecular complexity index is 3730. The molecule has 12 aromatic rings. The van der Waals surface area contributed by atoms with Gasteiger partial charge in [-0.25, -0.2) is 15.0 Å². The summed E-state index contributed by atoms with van der Waals surface area (Å²) < 4.78 is 2.51. The first-order chi connectivity index (χ1) is 31.2. The molecule has 13 rings (SSSR count). The van der Waals surface area contributed by atoms with Gasteiger partial charge in [0.1, 0.15) is 0 Å². The van der Waals surface area contributed by atoms with Crippen molar-refractivity contribution in [3.05, 3.63) is 218 Å². The van der Waals surface area contributed by atoms with Crippen molar-refractivity contribution >= 4 is 43.4 Å². The SMILES string of the molecule is c1ccc(-c2nc(-c3ccccc3)nc(-c3cccc(-c4cccc(-c5cccc(-n6c7cc8c9c(cccc9c7c7ccc9ccccc9c76)-c6ccccc6-8)c5)c4)c3)n2)cc1. The Kier molecular flexibility index (Phi) is 7.87. The van der Waals surface area contributed by atoms with Crippen LogP contribution in [0.5, 0.6) is 0 Å². The fourth-order valence-corrected chi connectivity index (χ4v) is 9.88. The molecule has 0 bridgehead atoms. The lowest BCUT2D eigenvalue weighted by molar-refractivity contribution is 1.07. The molecule has 0 N–H and O–H groups in total. The molecule has 0 saturated carbocycles. The first-order valence-corrected chi connectivity index (χ1v) is 21.4. The molecule has 0 radical (unpaired) electrons. The smallest absolute Gasteiger partial charge is 0.164 e. The molecule has 4 heteroatoms. The van der Waals surface area contributed by atoms with Gasteiger partial charge < -0.3 is 4.57 Å². The third kappa shape index (κ3) is 5.66. The first-order valence-electron chi connectivity index (χ1n) is 21.4. The Balaban J connectivity index is 0.951. The summed E-state index contributed by atoms with van der Waals surface area (Å²) in [5.74, 6) is 1.93. The van der Waals surface area contributed by atoms with Crippen LogP contribution in [0.25, 0.3) is 128 Å². The fraction of sp³-hybridized carbons (Fsp3) is 0. The fourth-order valence-electron chi connectivity index (χ4n) is 9.88. The van der Waals surface area contributed by atoms with Crippen LogP contribution < -0.4 is 0 Å². The maximum absolute atomic E-state index is 5.01. The number of fused-ring (bicyclic) bond motifs is 9. The van der Waals surface area contributed by atoms with Crippen molar-refractivity contribution in [3.8, 4) is 84.4 Å². The largest absolute Gasteiger partial charge is 0.309 e. The highest BCUT2D eigenvalue weighted by atomic mass is 15.0. The van der Waals surface area contributed by atoms with E-state index in [9.17, 15) is 0 Å². The van der Waals surface area contributed by atoms with Crippen LogP contribution in [0.2, 0.25) is 0 Å². The van der Waals surface area contributed by atoms with Crippen molar-refractivity contribution < 1.29 is 0 Å². The van der Waals surface area contributed by atoms with Crippen molar-refractivity contribution in [2.45, 2.75) is 0 Å². The second-order valence-electron chi connectivity index (χ2n) is 16.4. The van der Waals surface area contributed by atoms with Crippen LogP contribution in [0.1, 0.15) is 0 Å².